The number of hydrogen-bond donors (Lipinski definition) is 3. The summed E-state index contributed by atoms with van der Waals surface area (Å²) in [5, 5.41) is 7.97. The quantitative estimate of drug-likeness (QED) is 0.435. The van der Waals surface area contributed by atoms with E-state index < -0.39 is 0 Å². The van der Waals surface area contributed by atoms with Crippen molar-refractivity contribution in [2.45, 2.75) is 12.5 Å². The highest BCUT2D eigenvalue weighted by molar-refractivity contribution is 5.83. The lowest BCUT2D eigenvalue weighted by Crippen LogP contribution is -2.42. The van der Waals surface area contributed by atoms with E-state index in [0.717, 1.165) is 30.0 Å². The predicted octanol–water partition coefficient (Wildman–Crippen LogP) is 3.32. The van der Waals surface area contributed by atoms with Crippen molar-refractivity contribution in [1.29, 1.82) is 0 Å². The summed E-state index contributed by atoms with van der Waals surface area (Å²) >= 11 is 0. The number of H-pyrrole nitrogens is 1. The fourth-order valence-corrected chi connectivity index (χ4v) is 3.38. The molecular weight excluding hydrogens is 353 g/mol. The second kappa shape index (κ2) is 9.37. The summed E-state index contributed by atoms with van der Waals surface area (Å²) in [6.07, 6.45) is 2.96. The maximum Gasteiger partial charge on any atom is 0.191 e. The van der Waals surface area contributed by atoms with Gasteiger partial charge in [0.2, 0.25) is 0 Å². The van der Waals surface area contributed by atoms with Gasteiger partial charge in [-0.2, -0.15) is 0 Å². The van der Waals surface area contributed by atoms with Crippen molar-refractivity contribution in [3.05, 3.63) is 71.7 Å². The highest BCUT2D eigenvalue weighted by Gasteiger charge is 2.15. The van der Waals surface area contributed by atoms with Gasteiger partial charge in [0.25, 0.3) is 0 Å². The number of nitrogens with one attached hydrogen (secondary N) is 3. The highest BCUT2D eigenvalue weighted by Crippen LogP contribution is 2.19. The molecule has 0 aliphatic rings. The van der Waals surface area contributed by atoms with E-state index in [4.69, 9.17) is 0 Å². The van der Waals surface area contributed by atoms with E-state index in [1.165, 1.54) is 17.0 Å². The zero-order chi connectivity index (χ0) is 19.9. The van der Waals surface area contributed by atoms with Crippen LogP contribution < -0.4 is 10.6 Å². The summed E-state index contributed by atoms with van der Waals surface area (Å²) < 4.78 is 13.6. The lowest BCUT2D eigenvalue weighted by atomic mass is 10.1. The summed E-state index contributed by atoms with van der Waals surface area (Å²) in [7, 11) is 5.74. The van der Waals surface area contributed by atoms with Gasteiger partial charge in [-0.15, -0.1) is 0 Å². The lowest BCUT2D eigenvalue weighted by molar-refractivity contribution is 0.297. The van der Waals surface area contributed by atoms with Crippen LogP contribution in [-0.4, -0.2) is 50.1 Å². The molecule has 1 aromatic heterocycles. The smallest absolute Gasteiger partial charge is 0.191 e. The molecule has 0 bridgehead atoms. The van der Waals surface area contributed by atoms with Crippen LogP contribution in [0.15, 0.2) is 59.7 Å². The third-order valence-corrected chi connectivity index (χ3v) is 4.90. The summed E-state index contributed by atoms with van der Waals surface area (Å²) in [5.74, 6) is 0.522. The van der Waals surface area contributed by atoms with Crippen molar-refractivity contribution in [1.82, 2.24) is 20.5 Å². The molecule has 0 saturated heterocycles. The maximum absolute atomic E-state index is 13.6. The molecule has 28 heavy (non-hydrogen) atoms. The Morgan fingerprint density at radius 1 is 1.14 bits per heavy atom. The van der Waals surface area contributed by atoms with Crippen molar-refractivity contribution in [3.8, 4) is 0 Å². The van der Waals surface area contributed by atoms with Crippen LogP contribution in [0.25, 0.3) is 10.9 Å². The number of fused-ring (bicyclic) bond motifs is 1. The topological polar surface area (TPSA) is 55.5 Å². The van der Waals surface area contributed by atoms with E-state index >= 15 is 0 Å². The van der Waals surface area contributed by atoms with Crippen LogP contribution in [0.3, 0.4) is 0 Å². The minimum Gasteiger partial charge on any atom is -0.361 e. The Bertz CT molecular complexity index is 931. The maximum atomic E-state index is 13.6. The molecular formula is C22H28FN5. The van der Waals surface area contributed by atoms with Crippen LogP contribution in [0.5, 0.6) is 0 Å². The fourth-order valence-electron chi connectivity index (χ4n) is 3.38. The van der Waals surface area contributed by atoms with Gasteiger partial charge in [0.05, 0.1) is 6.04 Å². The SMILES string of the molecule is CN=C(NCCc1c[nH]c2ccccc12)NCC(c1cccc(F)c1)N(C)C. The number of aromatic amines is 1. The Morgan fingerprint density at radius 2 is 1.96 bits per heavy atom. The first-order valence-electron chi connectivity index (χ1n) is 9.50. The van der Waals surface area contributed by atoms with E-state index in [1.807, 2.05) is 26.2 Å². The van der Waals surface area contributed by atoms with Crippen molar-refractivity contribution in [2.24, 2.45) is 4.99 Å². The summed E-state index contributed by atoms with van der Waals surface area (Å²) in [6, 6.07) is 15.1. The van der Waals surface area contributed by atoms with Crippen LogP contribution in [0.1, 0.15) is 17.2 Å². The third kappa shape index (κ3) is 4.89. The zero-order valence-corrected chi connectivity index (χ0v) is 16.7. The Kier molecular flexibility index (Phi) is 6.66. The minimum absolute atomic E-state index is 0.0443. The molecule has 1 heterocycles. The number of hydrogen-bond acceptors (Lipinski definition) is 2. The molecule has 0 fully saturated rings. The second-order valence-electron chi connectivity index (χ2n) is 7.02. The molecule has 1 atom stereocenters. The molecule has 148 valence electrons. The number of guanidine groups is 1. The monoisotopic (exact) mass is 381 g/mol. The van der Waals surface area contributed by atoms with E-state index in [0.29, 0.717) is 6.54 Å². The van der Waals surface area contributed by atoms with E-state index in [1.54, 1.807) is 19.2 Å². The molecule has 0 spiro atoms. The summed E-state index contributed by atoms with van der Waals surface area (Å²) in [4.78, 5) is 9.68. The van der Waals surface area contributed by atoms with Gasteiger partial charge >= 0.3 is 0 Å². The minimum atomic E-state index is -0.217. The Hall–Kier alpha value is -2.86. The normalized spacial score (nSPS) is 13.1. The molecule has 0 radical (unpaired) electrons. The van der Waals surface area contributed by atoms with Crippen molar-refractivity contribution in [2.75, 3.05) is 34.2 Å². The van der Waals surface area contributed by atoms with Crippen LogP contribution in [-0.2, 0) is 6.42 Å². The van der Waals surface area contributed by atoms with Crippen molar-refractivity contribution in [3.63, 3.8) is 0 Å². The lowest BCUT2D eigenvalue weighted by Gasteiger charge is -2.26. The molecule has 2 aromatic carbocycles. The standard InChI is InChI=1S/C22H28FN5/c1-24-22(25-12-11-17-14-26-20-10-5-4-9-19(17)20)27-15-21(28(2)3)16-7-6-8-18(23)13-16/h4-10,13-14,21,26H,11-12,15H2,1-3H3,(H2,24,25,27). The van der Waals surface area contributed by atoms with Crippen molar-refractivity contribution >= 4 is 16.9 Å². The molecule has 1 unspecified atom stereocenters. The van der Waals surface area contributed by atoms with Gasteiger partial charge in [-0.3, -0.25) is 4.99 Å². The van der Waals surface area contributed by atoms with Crippen LogP contribution in [0, 0.1) is 5.82 Å². The molecule has 3 rings (SSSR count). The van der Waals surface area contributed by atoms with Gasteiger partial charge in [0.15, 0.2) is 5.96 Å². The second-order valence-corrected chi connectivity index (χ2v) is 7.02. The van der Waals surface area contributed by atoms with Gasteiger partial charge in [-0.05, 0) is 49.8 Å². The highest BCUT2D eigenvalue weighted by atomic mass is 19.1. The molecule has 5 nitrogen and oxygen atoms in total. The Balaban J connectivity index is 1.55. The van der Waals surface area contributed by atoms with Crippen LogP contribution in [0.2, 0.25) is 0 Å². The molecule has 3 N–H and O–H groups in total. The first-order valence-corrected chi connectivity index (χ1v) is 9.50. The number of benzene rings is 2. The predicted molar refractivity (Wildman–Crippen MR) is 114 cm³/mol. The average molecular weight is 381 g/mol. The number of likely N-dealkylation sites (N-methyl/N-ethyl adjacent to an activating group) is 1. The third-order valence-electron chi connectivity index (χ3n) is 4.90. The number of para-hydroxylation sites is 1. The van der Waals surface area contributed by atoms with E-state index in [-0.39, 0.29) is 11.9 Å². The van der Waals surface area contributed by atoms with E-state index in [9.17, 15) is 4.39 Å². The molecule has 3 aromatic rings. The number of nitrogens with zero attached hydrogens (tertiary/aromatic N) is 2. The number of aliphatic imine (C=N–C) groups is 1. The molecule has 0 saturated carbocycles. The van der Waals surface area contributed by atoms with Gasteiger partial charge in [-0.1, -0.05) is 30.3 Å². The Labute approximate surface area is 165 Å². The zero-order valence-electron chi connectivity index (χ0n) is 16.7. The first kappa shape index (κ1) is 19.9. The van der Waals surface area contributed by atoms with Gasteiger partial charge in [0, 0.05) is 37.2 Å². The van der Waals surface area contributed by atoms with Gasteiger partial charge < -0.3 is 20.5 Å². The first-order chi connectivity index (χ1) is 13.6. The van der Waals surface area contributed by atoms with Gasteiger partial charge in [0.1, 0.15) is 5.82 Å². The molecule has 6 heteroatoms. The largest absolute Gasteiger partial charge is 0.361 e. The van der Waals surface area contributed by atoms with Crippen LogP contribution in [0.4, 0.5) is 4.39 Å². The molecule has 0 aliphatic carbocycles. The van der Waals surface area contributed by atoms with Gasteiger partial charge in [-0.25, -0.2) is 4.39 Å². The number of aromatic nitrogens is 1. The fraction of sp³-hybridized carbons (Fsp3) is 0.318. The number of halogens is 1. The van der Waals surface area contributed by atoms with Crippen LogP contribution >= 0.6 is 0 Å². The van der Waals surface area contributed by atoms with Crippen molar-refractivity contribution < 1.29 is 4.39 Å². The van der Waals surface area contributed by atoms with E-state index in [2.05, 4.69) is 49.9 Å². The summed E-state index contributed by atoms with van der Waals surface area (Å²) in [5.41, 5.74) is 3.38. The molecule has 0 aliphatic heterocycles. The summed E-state index contributed by atoms with van der Waals surface area (Å²) in [6.45, 7) is 1.40. The molecule has 0 amide bonds. The average Bonchev–Trinajstić information content (AvgIpc) is 3.10. The Morgan fingerprint density at radius 3 is 2.71 bits per heavy atom. The number of rotatable bonds is 7.